The molecular formula is C23H18F2OS. The molecule has 136 valence electrons. The van der Waals surface area contributed by atoms with Crippen LogP contribution in [-0.2, 0) is 6.42 Å². The largest absolute Gasteiger partial charge is 0.298 e. The maximum atomic E-state index is 14.2. The molecular weight excluding hydrogens is 362 g/mol. The summed E-state index contributed by atoms with van der Waals surface area (Å²) in [6, 6.07) is 14.4. The molecule has 0 fully saturated rings. The van der Waals surface area contributed by atoms with Crippen molar-refractivity contribution < 1.29 is 13.6 Å². The fourth-order valence-electron chi connectivity index (χ4n) is 3.46. The topological polar surface area (TPSA) is 17.1 Å². The van der Waals surface area contributed by atoms with Crippen LogP contribution in [0.4, 0.5) is 8.78 Å². The molecule has 0 spiro atoms. The number of carbonyl (C=O) groups is 1. The Bertz CT molecular complexity index is 1000. The standard InChI is InChI=1S/C23H18F2OS/c24-22-18(14-26)9-11-20(23(22)25)16-5-7-17(8-6-16)21-12-10-19(27-21)13-15-3-1-2-4-15/h1,3,5-12,14-15H,2,4,13H2. The zero-order valence-electron chi connectivity index (χ0n) is 14.6. The number of allylic oxidation sites excluding steroid dienone is 2. The van der Waals surface area contributed by atoms with E-state index in [1.807, 2.05) is 12.1 Å². The maximum absolute atomic E-state index is 14.2. The average molecular weight is 380 g/mol. The van der Waals surface area contributed by atoms with E-state index in [1.165, 1.54) is 34.7 Å². The van der Waals surface area contributed by atoms with Gasteiger partial charge in [-0.15, -0.1) is 11.3 Å². The molecule has 3 aromatic rings. The molecule has 0 saturated carbocycles. The summed E-state index contributed by atoms with van der Waals surface area (Å²) >= 11 is 1.78. The second-order valence-electron chi connectivity index (χ2n) is 6.76. The van der Waals surface area contributed by atoms with Gasteiger partial charge in [-0.2, -0.15) is 0 Å². The molecule has 1 nitrogen and oxygen atoms in total. The minimum atomic E-state index is -1.10. The van der Waals surface area contributed by atoms with Crippen LogP contribution in [0, 0.1) is 17.6 Å². The van der Waals surface area contributed by atoms with E-state index in [-0.39, 0.29) is 11.1 Å². The number of thiophene rings is 1. The third-order valence-corrected chi connectivity index (χ3v) is 6.11. The molecule has 2 aromatic carbocycles. The first-order chi connectivity index (χ1) is 13.2. The third-order valence-electron chi connectivity index (χ3n) is 4.96. The molecule has 0 bridgehead atoms. The number of benzene rings is 2. The van der Waals surface area contributed by atoms with Crippen LogP contribution < -0.4 is 0 Å². The van der Waals surface area contributed by atoms with Gasteiger partial charge in [0.05, 0.1) is 5.56 Å². The van der Waals surface area contributed by atoms with Crippen molar-refractivity contribution in [2.75, 3.05) is 0 Å². The lowest BCUT2D eigenvalue weighted by Crippen LogP contribution is -1.95. The number of rotatable bonds is 5. The van der Waals surface area contributed by atoms with Crippen molar-refractivity contribution in [2.24, 2.45) is 5.92 Å². The quantitative estimate of drug-likeness (QED) is 0.356. The van der Waals surface area contributed by atoms with Crippen molar-refractivity contribution >= 4 is 17.6 Å². The Morgan fingerprint density at radius 3 is 2.44 bits per heavy atom. The van der Waals surface area contributed by atoms with Crippen molar-refractivity contribution in [3.8, 4) is 21.6 Å². The monoisotopic (exact) mass is 380 g/mol. The second kappa shape index (κ2) is 7.57. The Hall–Kier alpha value is -2.59. The molecule has 0 amide bonds. The smallest absolute Gasteiger partial charge is 0.169 e. The highest BCUT2D eigenvalue weighted by Gasteiger charge is 2.15. The average Bonchev–Trinajstić information content (AvgIpc) is 3.37. The van der Waals surface area contributed by atoms with Crippen molar-refractivity contribution in [2.45, 2.75) is 19.3 Å². The Balaban J connectivity index is 1.56. The molecule has 0 radical (unpaired) electrons. The van der Waals surface area contributed by atoms with E-state index in [4.69, 9.17) is 0 Å². The molecule has 1 aromatic heterocycles. The Morgan fingerprint density at radius 2 is 1.74 bits per heavy atom. The first-order valence-corrected chi connectivity index (χ1v) is 9.76. The van der Waals surface area contributed by atoms with Gasteiger partial charge in [-0.3, -0.25) is 4.79 Å². The van der Waals surface area contributed by atoms with Crippen LogP contribution in [0.15, 0.2) is 60.7 Å². The normalized spacial score (nSPS) is 16.0. The van der Waals surface area contributed by atoms with Crippen LogP contribution in [0.3, 0.4) is 0 Å². The summed E-state index contributed by atoms with van der Waals surface area (Å²) in [7, 11) is 0. The Kier molecular flexibility index (Phi) is 4.99. The molecule has 4 rings (SSSR count). The molecule has 1 atom stereocenters. The van der Waals surface area contributed by atoms with Gasteiger partial charge in [-0.25, -0.2) is 8.78 Å². The predicted molar refractivity (Wildman–Crippen MR) is 106 cm³/mol. The number of hydrogen-bond donors (Lipinski definition) is 0. The van der Waals surface area contributed by atoms with Gasteiger partial charge in [0.1, 0.15) is 0 Å². The van der Waals surface area contributed by atoms with Crippen LogP contribution in [0.25, 0.3) is 21.6 Å². The highest BCUT2D eigenvalue weighted by atomic mass is 32.1. The van der Waals surface area contributed by atoms with Crippen molar-refractivity contribution in [1.82, 2.24) is 0 Å². The van der Waals surface area contributed by atoms with Crippen LogP contribution in [0.1, 0.15) is 28.1 Å². The highest BCUT2D eigenvalue weighted by molar-refractivity contribution is 7.15. The van der Waals surface area contributed by atoms with Gasteiger partial charge in [-0.05, 0) is 54.5 Å². The zero-order chi connectivity index (χ0) is 18.8. The second-order valence-corrected chi connectivity index (χ2v) is 7.93. The predicted octanol–water partition coefficient (Wildman–Crippen LogP) is 6.68. The molecule has 0 saturated heterocycles. The number of aldehydes is 1. The van der Waals surface area contributed by atoms with Crippen LogP contribution in [-0.4, -0.2) is 6.29 Å². The summed E-state index contributed by atoms with van der Waals surface area (Å²) in [6.07, 6.45) is 8.36. The van der Waals surface area contributed by atoms with Gasteiger partial charge in [-0.1, -0.05) is 42.5 Å². The summed E-state index contributed by atoms with van der Waals surface area (Å²) in [5.41, 5.74) is 1.53. The van der Waals surface area contributed by atoms with Crippen molar-refractivity contribution in [3.05, 3.63) is 82.8 Å². The van der Waals surface area contributed by atoms with Gasteiger partial charge >= 0.3 is 0 Å². The van der Waals surface area contributed by atoms with Gasteiger partial charge < -0.3 is 0 Å². The zero-order valence-corrected chi connectivity index (χ0v) is 15.4. The van der Waals surface area contributed by atoms with Crippen LogP contribution in [0.5, 0.6) is 0 Å². The summed E-state index contributed by atoms with van der Waals surface area (Å²) in [6.45, 7) is 0. The molecule has 0 N–H and O–H groups in total. The third kappa shape index (κ3) is 3.62. The fraction of sp³-hybridized carbons (Fsp3) is 0.174. The molecule has 1 aliphatic rings. The molecule has 1 unspecified atom stereocenters. The van der Waals surface area contributed by atoms with Gasteiger partial charge in [0.15, 0.2) is 17.9 Å². The Labute approximate surface area is 161 Å². The van der Waals surface area contributed by atoms with E-state index < -0.39 is 11.6 Å². The number of hydrogen-bond acceptors (Lipinski definition) is 2. The van der Waals surface area contributed by atoms with Gasteiger partial charge in [0.25, 0.3) is 0 Å². The van der Waals surface area contributed by atoms with Crippen molar-refractivity contribution in [3.63, 3.8) is 0 Å². The summed E-state index contributed by atoms with van der Waals surface area (Å²) < 4.78 is 28.1. The summed E-state index contributed by atoms with van der Waals surface area (Å²) in [5, 5.41) is 0. The van der Waals surface area contributed by atoms with E-state index in [0.717, 1.165) is 12.0 Å². The molecule has 27 heavy (non-hydrogen) atoms. The van der Waals surface area contributed by atoms with E-state index in [2.05, 4.69) is 24.3 Å². The number of halogens is 2. The van der Waals surface area contributed by atoms with E-state index in [9.17, 15) is 13.6 Å². The van der Waals surface area contributed by atoms with E-state index in [0.29, 0.717) is 17.8 Å². The van der Waals surface area contributed by atoms with E-state index in [1.54, 1.807) is 23.5 Å². The highest BCUT2D eigenvalue weighted by Crippen LogP contribution is 2.33. The van der Waals surface area contributed by atoms with E-state index >= 15 is 0 Å². The maximum Gasteiger partial charge on any atom is 0.169 e. The van der Waals surface area contributed by atoms with Gasteiger partial charge in [0, 0.05) is 15.3 Å². The molecule has 0 aliphatic heterocycles. The number of carbonyl (C=O) groups excluding carboxylic acids is 1. The lowest BCUT2D eigenvalue weighted by atomic mass is 10.0. The minimum absolute atomic E-state index is 0.157. The van der Waals surface area contributed by atoms with Crippen LogP contribution >= 0.6 is 11.3 Å². The fourth-order valence-corrected chi connectivity index (χ4v) is 4.56. The minimum Gasteiger partial charge on any atom is -0.298 e. The first-order valence-electron chi connectivity index (χ1n) is 8.95. The molecule has 1 heterocycles. The molecule has 4 heteroatoms. The lowest BCUT2D eigenvalue weighted by Gasteiger charge is -2.07. The molecule has 1 aliphatic carbocycles. The van der Waals surface area contributed by atoms with Gasteiger partial charge in [0.2, 0.25) is 0 Å². The SMILES string of the molecule is O=Cc1ccc(-c2ccc(-c3ccc(CC4C=CCC4)s3)cc2)c(F)c1F. The summed E-state index contributed by atoms with van der Waals surface area (Å²) in [4.78, 5) is 13.3. The van der Waals surface area contributed by atoms with Crippen molar-refractivity contribution in [1.29, 1.82) is 0 Å². The van der Waals surface area contributed by atoms with Crippen LogP contribution in [0.2, 0.25) is 0 Å². The lowest BCUT2D eigenvalue weighted by molar-refractivity contribution is 0.111. The Morgan fingerprint density at radius 1 is 0.963 bits per heavy atom. The summed E-state index contributed by atoms with van der Waals surface area (Å²) in [5.74, 6) is -1.45. The first kappa shape index (κ1) is 17.8.